The third kappa shape index (κ3) is 3.16. The van der Waals surface area contributed by atoms with Gasteiger partial charge < -0.3 is 0 Å². The van der Waals surface area contributed by atoms with Crippen molar-refractivity contribution in [2.75, 3.05) is 0 Å². The van der Waals surface area contributed by atoms with Gasteiger partial charge in [-0.25, -0.2) is 0 Å². The molecule has 1 rings (SSSR count). The zero-order valence-electron chi connectivity index (χ0n) is 8.97. The van der Waals surface area contributed by atoms with E-state index in [4.69, 9.17) is 0 Å². The summed E-state index contributed by atoms with van der Waals surface area (Å²) in [4.78, 5) is 0. The first kappa shape index (κ1) is 10.1. The second-order valence-electron chi connectivity index (χ2n) is 4.96. The minimum Gasteiger partial charge on any atom is -0.0654 e. The van der Waals surface area contributed by atoms with Crippen LogP contribution in [0, 0.1) is 17.8 Å². The molecule has 12 heavy (non-hydrogen) atoms. The fourth-order valence-electron chi connectivity index (χ4n) is 2.73. The van der Waals surface area contributed by atoms with Gasteiger partial charge >= 0.3 is 0 Å². The lowest BCUT2D eigenvalue weighted by molar-refractivity contribution is 0.394. The number of hydrogen-bond donors (Lipinski definition) is 0. The van der Waals surface area contributed by atoms with E-state index in [9.17, 15) is 0 Å². The molecule has 0 bridgehead atoms. The zero-order chi connectivity index (χ0) is 8.97. The van der Waals surface area contributed by atoms with Crippen molar-refractivity contribution in [3.05, 3.63) is 0 Å². The van der Waals surface area contributed by atoms with Crippen molar-refractivity contribution in [2.45, 2.75) is 59.3 Å². The second-order valence-corrected chi connectivity index (χ2v) is 4.96. The highest BCUT2D eigenvalue weighted by Crippen LogP contribution is 2.36. The molecule has 0 aliphatic heterocycles. The molecule has 1 aliphatic carbocycles. The van der Waals surface area contributed by atoms with Crippen molar-refractivity contribution < 1.29 is 0 Å². The Morgan fingerprint density at radius 2 is 1.83 bits per heavy atom. The molecule has 0 heterocycles. The predicted molar refractivity (Wildman–Crippen MR) is 55.2 cm³/mol. The van der Waals surface area contributed by atoms with E-state index in [1.54, 1.807) is 0 Å². The molecule has 0 N–H and O–H groups in total. The molecule has 0 nitrogen and oxygen atoms in total. The van der Waals surface area contributed by atoms with Crippen LogP contribution in [0.4, 0.5) is 0 Å². The van der Waals surface area contributed by atoms with Crippen LogP contribution in [0.1, 0.15) is 59.3 Å². The highest BCUT2D eigenvalue weighted by molar-refractivity contribution is 4.75. The van der Waals surface area contributed by atoms with E-state index in [2.05, 4.69) is 20.8 Å². The first-order chi connectivity index (χ1) is 5.72. The summed E-state index contributed by atoms with van der Waals surface area (Å²) in [6.45, 7) is 7.02. The van der Waals surface area contributed by atoms with Gasteiger partial charge in [0, 0.05) is 0 Å². The summed E-state index contributed by atoms with van der Waals surface area (Å²) in [5.41, 5.74) is 0. The predicted octanol–water partition coefficient (Wildman–Crippen LogP) is 4.25. The lowest BCUT2D eigenvalue weighted by Crippen LogP contribution is -2.00. The molecule has 72 valence electrons. The van der Waals surface area contributed by atoms with Crippen LogP contribution in [-0.2, 0) is 0 Å². The van der Waals surface area contributed by atoms with E-state index in [-0.39, 0.29) is 0 Å². The van der Waals surface area contributed by atoms with Crippen LogP contribution in [0.2, 0.25) is 0 Å². The van der Waals surface area contributed by atoms with Gasteiger partial charge in [-0.3, -0.25) is 0 Å². The Morgan fingerprint density at radius 1 is 1.17 bits per heavy atom. The van der Waals surface area contributed by atoms with Crippen LogP contribution in [0.15, 0.2) is 0 Å². The molecule has 2 unspecified atom stereocenters. The molecule has 0 amide bonds. The second kappa shape index (κ2) is 4.89. The summed E-state index contributed by atoms with van der Waals surface area (Å²) in [6.07, 6.45) is 8.91. The molecule has 0 aromatic carbocycles. The van der Waals surface area contributed by atoms with Gasteiger partial charge in [0.2, 0.25) is 0 Å². The molecule has 0 aromatic heterocycles. The Labute approximate surface area is 77.7 Å². The van der Waals surface area contributed by atoms with E-state index >= 15 is 0 Å². The van der Waals surface area contributed by atoms with Gasteiger partial charge in [-0.1, -0.05) is 46.5 Å². The van der Waals surface area contributed by atoms with E-state index in [1.807, 2.05) is 0 Å². The molecule has 0 saturated heterocycles. The Morgan fingerprint density at radius 3 is 2.42 bits per heavy atom. The minimum atomic E-state index is 0.912. The highest BCUT2D eigenvalue weighted by atomic mass is 14.3. The van der Waals surface area contributed by atoms with Crippen molar-refractivity contribution in [3.63, 3.8) is 0 Å². The van der Waals surface area contributed by atoms with Gasteiger partial charge in [0.1, 0.15) is 0 Å². The Balaban J connectivity index is 2.16. The Bertz CT molecular complexity index is 115. The number of hydrogen-bond acceptors (Lipinski definition) is 0. The SMILES string of the molecule is CCCC1CCC(CC(C)C)C1. The van der Waals surface area contributed by atoms with Gasteiger partial charge in [-0.05, 0) is 30.6 Å². The van der Waals surface area contributed by atoms with E-state index in [0.29, 0.717) is 0 Å². The average molecular weight is 168 g/mol. The van der Waals surface area contributed by atoms with Crippen LogP contribution in [-0.4, -0.2) is 0 Å². The van der Waals surface area contributed by atoms with Gasteiger partial charge in [0.05, 0.1) is 0 Å². The highest BCUT2D eigenvalue weighted by Gasteiger charge is 2.23. The first-order valence-electron chi connectivity index (χ1n) is 5.72. The Hall–Kier alpha value is 0. The Kier molecular flexibility index (Phi) is 4.11. The average Bonchev–Trinajstić information content (AvgIpc) is 2.36. The van der Waals surface area contributed by atoms with Gasteiger partial charge in [-0.2, -0.15) is 0 Å². The topological polar surface area (TPSA) is 0 Å². The minimum absolute atomic E-state index is 0.912. The molecule has 0 heteroatoms. The maximum Gasteiger partial charge on any atom is -0.0409 e. The van der Waals surface area contributed by atoms with E-state index in [1.165, 1.54) is 38.5 Å². The van der Waals surface area contributed by atoms with Gasteiger partial charge in [0.15, 0.2) is 0 Å². The van der Waals surface area contributed by atoms with Crippen molar-refractivity contribution in [1.82, 2.24) is 0 Å². The molecule has 1 aliphatic rings. The van der Waals surface area contributed by atoms with Crippen LogP contribution in [0.3, 0.4) is 0 Å². The zero-order valence-corrected chi connectivity index (χ0v) is 8.97. The largest absolute Gasteiger partial charge is 0.0654 e. The normalized spacial score (nSPS) is 30.0. The summed E-state index contributed by atoms with van der Waals surface area (Å²) in [7, 11) is 0. The van der Waals surface area contributed by atoms with Crippen LogP contribution >= 0.6 is 0 Å². The fourth-order valence-corrected chi connectivity index (χ4v) is 2.73. The molecule has 0 radical (unpaired) electrons. The van der Waals surface area contributed by atoms with Crippen molar-refractivity contribution in [2.24, 2.45) is 17.8 Å². The number of rotatable bonds is 4. The smallest absolute Gasteiger partial charge is 0.0409 e. The summed E-state index contributed by atoms with van der Waals surface area (Å²) >= 11 is 0. The molecule has 1 saturated carbocycles. The van der Waals surface area contributed by atoms with Crippen LogP contribution in [0.5, 0.6) is 0 Å². The monoisotopic (exact) mass is 168 g/mol. The third-order valence-corrected chi connectivity index (χ3v) is 3.15. The lowest BCUT2D eigenvalue weighted by Gasteiger charge is -2.12. The fraction of sp³-hybridized carbons (Fsp3) is 1.00. The summed E-state index contributed by atoms with van der Waals surface area (Å²) in [5, 5.41) is 0. The molecule has 1 fully saturated rings. The molecule has 0 aromatic rings. The van der Waals surface area contributed by atoms with Crippen molar-refractivity contribution in [3.8, 4) is 0 Å². The van der Waals surface area contributed by atoms with Crippen LogP contribution < -0.4 is 0 Å². The summed E-state index contributed by atoms with van der Waals surface area (Å²) in [5.74, 6) is 3.07. The summed E-state index contributed by atoms with van der Waals surface area (Å²) < 4.78 is 0. The quantitative estimate of drug-likeness (QED) is 0.588. The molecule has 0 spiro atoms. The van der Waals surface area contributed by atoms with Crippen LogP contribution in [0.25, 0.3) is 0 Å². The third-order valence-electron chi connectivity index (χ3n) is 3.15. The first-order valence-corrected chi connectivity index (χ1v) is 5.72. The molecular formula is C12H24. The maximum atomic E-state index is 2.35. The molecule has 2 atom stereocenters. The van der Waals surface area contributed by atoms with Crippen molar-refractivity contribution in [1.29, 1.82) is 0 Å². The van der Waals surface area contributed by atoms with Crippen molar-refractivity contribution >= 4 is 0 Å². The maximum absolute atomic E-state index is 2.35. The standard InChI is InChI=1S/C12H24/c1-4-5-11-6-7-12(9-11)8-10(2)3/h10-12H,4-9H2,1-3H3. The lowest BCUT2D eigenvalue weighted by atomic mass is 9.94. The van der Waals surface area contributed by atoms with E-state index in [0.717, 1.165) is 17.8 Å². The van der Waals surface area contributed by atoms with E-state index < -0.39 is 0 Å². The van der Waals surface area contributed by atoms with Gasteiger partial charge in [-0.15, -0.1) is 0 Å². The molecular weight excluding hydrogens is 144 g/mol. The van der Waals surface area contributed by atoms with Gasteiger partial charge in [0.25, 0.3) is 0 Å². The summed E-state index contributed by atoms with van der Waals surface area (Å²) in [6, 6.07) is 0.